The minimum Gasteiger partial charge on any atom is -0.354 e. The number of fused-ring (bicyclic) bond motifs is 1. The fraction of sp³-hybridized carbons (Fsp3) is 0.714. The summed E-state index contributed by atoms with van der Waals surface area (Å²) in [4.78, 5) is 11.3. The van der Waals surface area contributed by atoms with Crippen LogP contribution in [0.4, 0.5) is 5.82 Å². The van der Waals surface area contributed by atoms with Gasteiger partial charge in [-0.1, -0.05) is 0 Å². The molecule has 3 nitrogen and oxygen atoms in total. The zero-order valence-corrected chi connectivity index (χ0v) is 12.1. The largest absolute Gasteiger partial charge is 0.354 e. The van der Waals surface area contributed by atoms with E-state index in [1.165, 1.54) is 24.1 Å². The summed E-state index contributed by atoms with van der Waals surface area (Å²) < 4.78 is 0. The average Bonchev–Trinajstić information content (AvgIpc) is 2.39. The van der Waals surface area contributed by atoms with Gasteiger partial charge in [0.15, 0.2) is 0 Å². The molecule has 0 bridgehead atoms. The van der Waals surface area contributed by atoms with Crippen molar-refractivity contribution in [3.63, 3.8) is 0 Å². The van der Waals surface area contributed by atoms with Crippen LogP contribution in [0, 0.1) is 0 Å². The lowest BCUT2D eigenvalue weighted by molar-refractivity contribution is 0.627. The molecular formula is C14H22ClN3. The minimum absolute atomic E-state index is 0.453. The lowest BCUT2D eigenvalue weighted by Crippen LogP contribution is -2.34. The Kier molecular flexibility index (Phi) is 4.81. The maximum absolute atomic E-state index is 5.82. The lowest BCUT2D eigenvalue weighted by atomic mass is 9.96. The number of alkyl halides is 1. The molecule has 0 spiro atoms. The molecule has 0 unspecified atom stereocenters. The van der Waals surface area contributed by atoms with Gasteiger partial charge in [0, 0.05) is 29.7 Å². The summed E-state index contributed by atoms with van der Waals surface area (Å²) >= 11 is 5.82. The number of hydrogen-bond donors (Lipinski definition) is 0. The molecule has 0 aliphatic heterocycles. The van der Waals surface area contributed by atoms with Gasteiger partial charge in [0.05, 0.1) is 0 Å². The molecule has 0 N–H and O–H groups in total. The first-order valence-electron chi connectivity index (χ1n) is 6.89. The van der Waals surface area contributed by atoms with Gasteiger partial charge in [0.2, 0.25) is 0 Å². The third-order valence-electron chi connectivity index (χ3n) is 3.53. The molecule has 1 aliphatic rings. The number of halogens is 1. The average molecular weight is 268 g/mol. The second-order valence-electron chi connectivity index (χ2n) is 5.16. The van der Waals surface area contributed by atoms with Crippen LogP contribution in [0.2, 0.25) is 0 Å². The molecule has 0 saturated carbocycles. The van der Waals surface area contributed by atoms with E-state index in [0.29, 0.717) is 11.9 Å². The Hall–Kier alpha value is -0.830. The van der Waals surface area contributed by atoms with Gasteiger partial charge >= 0.3 is 0 Å². The molecular weight excluding hydrogens is 246 g/mol. The van der Waals surface area contributed by atoms with Crippen molar-refractivity contribution >= 4 is 17.4 Å². The number of rotatable bonds is 5. The molecule has 2 rings (SSSR count). The third kappa shape index (κ3) is 2.94. The second kappa shape index (κ2) is 6.37. The zero-order chi connectivity index (χ0) is 13.0. The Labute approximate surface area is 115 Å². The summed E-state index contributed by atoms with van der Waals surface area (Å²) in [6.45, 7) is 5.40. The van der Waals surface area contributed by atoms with E-state index in [4.69, 9.17) is 11.6 Å². The number of anilines is 1. The molecule has 0 fully saturated rings. The maximum Gasteiger partial charge on any atom is 0.135 e. The Morgan fingerprint density at radius 3 is 2.78 bits per heavy atom. The summed E-state index contributed by atoms with van der Waals surface area (Å²) in [6.07, 6.45) is 7.46. The number of nitrogens with zero attached hydrogens (tertiary/aromatic N) is 3. The molecule has 18 heavy (non-hydrogen) atoms. The minimum atomic E-state index is 0.453. The zero-order valence-electron chi connectivity index (χ0n) is 11.3. The molecule has 0 atom stereocenters. The van der Waals surface area contributed by atoms with Crippen molar-refractivity contribution in [3.05, 3.63) is 17.6 Å². The van der Waals surface area contributed by atoms with Gasteiger partial charge < -0.3 is 4.90 Å². The predicted octanol–water partition coefficient (Wildman–Crippen LogP) is 3.20. The van der Waals surface area contributed by atoms with Crippen LogP contribution in [-0.4, -0.2) is 28.4 Å². The fourth-order valence-corrected chi connectivity index (χ4v) is 2.71. The molecule has 0 saturated heterocycles. The van der Waals surface area contributed by atoms with Crippen LogP contribution in [0.1, 0.15) is 44.4 Å². The SMILES string of the molecule is CC(C)N(CCCCl)c1ncnc2c1CCCC2. The molecule has 1 aliphatic carbocycles. The monoisotopic (exact) mass is 267 g/mol. The van der Waals surface area contributed by atoms with Crippen molar-refractivity contribution in [2.75, 3.05) is 17.3 Å². The van der Waals surface area contributed by atoms with E-state index >= 15 is 0 Å². The Bertz CT molecular complexity index is 393. The summed E-state index contributed by atoms with van der Waals surface area (Å²) in [5.74, 6) is 1.84. The van der Waals surface area contributed by atoms with Crippen molar-refractivity contribution in [1.82, 2.24) is 9.97 Å². The lowest BCUT2D eigenvalue weighted by Gasteiger charge is -2.31. The van der Waals surface area contributed by atoms with E-state index < -0.39 is 0 Å². The fourth-order valence-electron chi connectivity index (χ4n) is 2.59. The second-order valence-corrected chi connectivity index (χ2v) is 5.54. The van der Waals surface area contributed by atoms with Crippen molar-refractivity contribution in [3.8, 4) is 0 Å². The van der Waals surface area contributed by atoms with Crippen molar-refractivity contribution in [2.24, 2.45) is 0 Å². The van der Waals surface area contributed by atoms with E-state index in [-0.39, 0.29) is 0 Å². The van der Waals surface area contributed by atoms with Crippen LogP contribution in [0.15, 0.2) is 6.33 Å². The van der Waals surface area contributed by atoms with Gasteiger partial charge in [-0.3, -0.25) is 0 Å². The number of aromatic nitrogens is 2. The highest BCUT2D eigenvalue weighted by Gasteiger charge is 2.20. The summed E-state index contributed by atoms with van der Waals surface area (Å²) in [6, 6.07) is 0.453. The third-order valence-corrected chi connectivity index (χ3v) is 3.80. The molecule has 0 amide bonds. The highest BCUT2D eigenvalue weighted by molar-refractivity contribution is 6.17. The smallest absolute Gasteiger partial charge is 0.135 e. The number of aryl methyl sites for hydroxylation is 1. The Morgan fingerprint density at radius 2 is 2.06 bits per heavy atom. The molecule has 4 heteroatoms. The van der Waals surface area contributed by atoms with Gasteiger partial charge in [-0.25, -0.2) is 9.97 Å². The van der Waals surface area contributed by atoms with Crippen LogP contribution in [-0.2, 0) is 12.8 Å². The quantitative estimate of drug-likeness (QED) is 0.767. The van der Waals surface area contributed by atoms with E-state index in [1.807, 2.05) is 0 Å². The first kappa shape index (κ1) is 13.6. The highest BCUT2D eigenvalue weighted by Crippen LogP contribution is 2.28. The van der Waals surface area contributed by atoms with Crippen LogP contribution in [0.3, 0.4) is 0 Å². The van der Waals surface area contributed by atoms with Crippen molar-refractivity contribution < 1.29 is 0 Å². The van der Waals surface area contributed by atoms with Gasteiger partial charge in [-0.05, 0) is 46.0 Å². The summed E-state index contributed by atoms with van der Waals surface area (Å²) in [5.41, 5.74) is 2.62. The van der Waals surface area contributed by atoms with Gasteiger partial charge in [0.1, 0.15) is 12.1 Å². The van der Waals surface area contributed by atoms with E-state index in [1.54, 1.807) is 6.33 Å². The van der Waals surface area contributed by atoms with Crippen molar-refractivity contribution in [2.45, 2.75) is 52.0 Å². The molecule has 0 radical (unpaired) electrons. The van der Waals surface area contributed by atoms with E-state index in [9.17, 15) is 0 Å². The van der Waals surface area contributed by atoms with Crippen molar-refractivity contribution in [1.29, 1.82) is 0 Å². The molecule has 0 aromatic carbocycles. The summed E-state index contributed by atoms with van der Waals surface area (Å²) in [5, 5.41) is 0. The van der Waals surface area contributed by atoms with Gasteiger partial charge in [0.25, 0.3) is 0 Å². The number of hydrogen-bond acceptors (Lipinski definition) is 3. The van der Waals surface area contributed by atoms with E-state index in [2.05, 4.69) is 28.7 Å². The first-order chi connectivity index (χ1) is 8.74. The van der Waals surface area contributed by atoms with Crippen LogP contribution >= 0.6 is 11.6 Å². The Morgan fingerprint density at radius 1 is 1.28 bits per heavy atom. The highest BCUT2D eigenvalue weighted by atomic mass is 35.5. The molecule has 1 heterocycles. The van der Waals surface area contributed by atoms with Crippen LogP contribution < -0.4 is 4.90 Å². The van der Waals surface area contributed by atoms with Crippen LogP contribution in [0.5, 0.6) is 0 Å². The first-order valence-corrected chi connectivity index (χ1v) is 7.43. The van der Waals surface area contributed by atoms with E-state index in [0.717, 1.165) is 31.6 Å². The molecule has 100 valence electrons. The maximum atomic E-state index is 5.82. The van der Waals surface area contributed by atoms with Gasteiger partial charge in [-0.15, -0.1) is 11.6 Å². The summed E-state index contributed by atoms with van der Waals surface area (Å²) in [7, 11) is 0. The predicted molar refractivity (Wildman–Crippen MR) is 76.5 cm³/mol. The Balaban J connectivity index is 2.29. The topological polar surface area (TPSA) is 29.0 Å². The molecule has 1 aromatic heterocycles. The molecule has 1 aromatic rings. The van der Waals surface area contributed by atoms with Gasteiger partial charge in [-0.2, -0.15) is 0 Å². The standard InChI is InChI=1S/C14H22ClN3/c1-11(2)18(9-5-8-15)14-12-6-3-4-7-13(12)16-10-17-14/h10-11H,3-9H2,1-2H3. The normalized spacial score (nSPS) is 14.7. The van der Waals surface area contributed by atoms with Crippen LogP contribution in [0.25, 0.3) is 0 Å².